The molecule has 3 aliphatic carbocycles. The van der Waals surface area contributed by atoms with Crippen molar-refractivity contribution in [3.05, 3.63) is 75.3 Å². The highest BCUT2D eigenvalue weighted by Crippen LogP contribution is 2.54. The van der Waals surface area contributed by atoms with Gasteiger partial charge in [-0.25, -0.2) is 9.59 Å². The molecule has 4 atom stereocenters. The molecule has 2 aromatic carbocycles. The van der Waals surface area contributed by atoms with E-state index in [1.165, 1.54) is 11.0 Å². The minimum absolute atomic E-state index is 0.0297. The van der Waals surface area contributed by atoms with Crippen molar-refractivity contribution in [3.63, 3.8) is 0 Å². The quantitative estimate of drug-likeness (QED) is 0.0927. The number of nitrogens with two attached hydrogens (primary N) is 1. The molecule has 0 unspecified atom stereocenters. The van der Waals surface area contributed by atoms with Gasteiger partial charge in [-0.05, 0) is 84.3 Å². The minimum atomic E-state index is -2.82. The standard InChI is InChI=1S/C39H47N5O12/c1-18-9-11-19(12-10-18)36(52)55-17-56-37(53)44(38(2,3)4)16-25(45)41-23-15-24(42(5)6)21-13-20-14-22-29(43(7)8)32(48)28(35(40)51)34(50)39(22,54)33(49)26(20)31(47)27(21)30(23)46/h9-12,15,20,22,29,46,48-49,54H,13-14,16-17H2,1-8H3,(H2,40,51)(H,41,45)/t20-,22-,29-,39-/m0/s1. The zero-order chi connectivity index (χ0) is 41.8. The number of esters is 1. The number of nitrogens with zero attached hydrogens (tertiary/aromatic N) is 3. The molecule has 0 saturated heterocycles. The van der Waals surface area contributed by atoms with Gasteiger partial charge in [-0.15, -0.1) is 0 Å². The number of likely N-dealkylation sites (N-methyl/N-ethyl adjacent to an activating group) is 1. The molecule has 0 aliphatic heterocycles. The number of carbonyl (C=O) groups excluding carboxylic acids is 6. The second-order valence-corrected chi connectivity index (χ2v) is 15.6. The molecule has 3 amide bonds. The summed E-state index contributed by atoms with van der Waals surface area (Å²) in [5.74, 6) is -9.54. The predicted molar refractivity (Wildman–Crippen MR) is 201 cm³/mol. The monoisotopic (exact) mass is 777 g/mol. The topological polar surface area (TPSA) is 250 Å². The number of ketones is 2. The predicted octanol–water partition coefficient (Wildman–Crippen LogP) is 2.49. The van der Waals surface area contributed by atoms with E-state index < -0.39 is 101 Å². The molecular weight excluding hydrogens is 730 g/mol. The Morgan fingerprint density at radius 1 is 1.00 bits per heavy atom. The molecule has 0 bridgehead atoms. The highest BCUT2D eigenvalue weighted by atomic mass is 16.7. The fourth-order valence-electron chi connectivity index (χ4n) is 7.69. The Morgan fingerprint density at radius 2 is 1.62 bits per heavy atom. The third kappa shape index (κ3) is 7.14. The summed E-state index contributed by atoms with van der Waals surface area (Å²) in [6, 6.07) is 6.87. The molecule has 0 spiro atoms. The van der Waals surface area contributed by atoms with Crippen LogP contribution in [-0.4, -0.2) is 124 Å². The van der Waals surface area contributed by atoms with Crippen molar-refractivity contribution in [2.75, 3.05) is 51.7 Å². The number of rotatable bonds is 9. The third-order valence-corrected chi connectivity index (χ3v) is 10.4. The Hall–Kier alpha value is -5.94. The van der Waals surface area contributed by atoms with E-state index in [0.717, 1.165) is 10.5 Å². The zero-order valence-electron chi connectivity index (χ0n) is 32.4. The molecule has 0 saturated carbocycles. The van der Waals surface area contributed by atoms with E-state index in [2.05, 4.69) is 5.32 Å². The van der Waals surface area contributed by atoms with Crippen LogP contribution in [0.5, 0.6) is 5.75 Å². The van der Waals surface area contributed by atoms with Gasteiger partial charge < -0.3 is 45.9 Å². The van der Waals surface area contributed by atoms with E-state index in [1.807, 2.05) is 6.92 Å². The number of carbonyl (C=O) groups is 6. The number of phenols is 1. The SMILES string of the molecule is Cc1ccc(C(=O)OCOC(=O)N(CC(=O)Nc2cc(N(C)C)c3c(c2O)C(=O)C2=C(O)[C@]4(O)C(=O)C(C(N)=O)=C(O)[C@@H](N(C)C)[C@@H]4C[C@@H]2C3)C(C)(C)C)cc1. The average molecular weight is 778 g/mol. The molecule has 17 nitrogen and oxygen atoms in total. The molecule has 7 N–H and O–H groups in total. The van der Waals surface area contributed by atoms with Crippen molar-refractivity contribution >= 4 is 46.8 Å². The van der Waals surface area contributed by atoms with E-state index >= 15 is 0 Å². The minimum Gasteiger partial charge on any atom is -0.510 e. The van der Waals surface area contributed by atoms with Gasteiger partial charge in [0, 0.05) is 36.8 Å². The molecular formula is C39H47N5O12. The van der Waals surface area contributed by atoms with E-state index in [4.69, 9.17) is 15.2 Å². The first kappa shape index (κ1) is 41.2. The summed E-state index contributed by atoms with van der Waals surface area (Å²) in [5.41, 5.74) is 1.74. The van der Waals surface area contributed by atoms with Crippen molar-refractivity contribution in [1.29, 1.82) is 0 Å². The number of allylic oxidation sites excluding steroid dienone is 1. The Labute approximate surface area is 322 Å². The first-order valence-corrected chi connectivity index (χ1v) is 17.7. The first-order valence-electron chi connectivity index (χ1n) is 17.7. The number of nitrogens with one attached hydrogen (secondary N) is 1. The maximum atomic E-state index is 14.4. The van der Waals surface area contributed by atoms with Crippen LogP contribution in [0, 0.1) is 18.8 Å². The van der Waals surface area contributed by atoms with Gasteiger partial charge in [0.1, 0.15) is 23.6 Å². The molecule has 0 aromatic heterocycles. The molecule has 5 rings (SSSR count). The van der Waals surface area contributed by atoms with Gasteiger partial charge in [-0.1, -0.05) is 17.7 Å². The number of aliphatic hydroxyl groups excluding tert-OH is 2. The van der Waals surface area contributed by atoms with Gasteiger partial charge >= 0.3 is 12.1 Å². The number of hydrogen-bond donors (Lipinski definition) is 6. The fraction of sp³-hybridized carbons (Fsp3) is 0.436. The van der Waals surface area contributed by atoms with Gasteiger partial charge in [0.05, 0.1) is 22.9 Å². The van der Waals surface area contributed by atoms with Crippen molar-refractivity contribution in [2.45, 2.75) is 57.7 Å². The molecule has 3 aliphatic rings. The lowest BCUT2D eigenvalue weighted by molar-refractivity contribution is -0.148. The van der Waals surface area contributed by atoms with Crippen molar-refractivity contribution in [2.24, 2.45) is 17.6 Å². The van der Waals surface area contributed by atoms with E-state index in [1.54, 1.807) is 78.1 Å². The number of Topliss-reactive ketones (excluding diaryl/α,β-unsaturated/α-hetero) is 2. The second-order valence-electron chi connectivity index (χ2n) is 15.6. The van der Waals surface area contributed by atoms with Crippen LogP contribution in [0.4, 0.5) is 16.2 Å². The Kier molecular flexibility index (Phi) is 11.0. The molecule has 2 aromatic rings. The molecule has 0 heterocycles. The van der Waals surface area contributed by atoms with Crippen molar-refractivity contribution in [3.8, 4) is 5.75 Å². The Morgan fingerprint density at radius 3 is 2.18 bits per heavy atom. The highest BCUT2D eigenvalue weighted by Gasteiger charge is 2.63. The number of amides is 3. The van der Waals surface area contributed by atoms with Gasteiger partial charge in [0.15, 0.2) is 17.1 Å². The summed E-state index contributed by atoms with van der Waals surface area (Å²) >= 11 is 0. The lowest BCUT2D eigenvalue weighted by atomic mass is 9.58. The largest absolute Gasteiger partial charge is 0.510 e. The van der Waals surface area contributed by atoms with Gasteiger partial charge in [-0.2, -0.15) is 0 Å². The number of ether oxygens (including phenoxy) is 2. The molecule has 17 heteroatoms. The maximum absolute atomic E-state index is 14.4. The van der Waals surface area contributed by atoms with E-state index in [0.29, 0.717) is 11.3 Å². The summed E-state index contributed by atoms with van der Waals surface area (Å²) in [5, 5.41) is 48.7. The van der Waals surface area contributed by atoms with Crippen LogP contribution >= 0.6 is 0 Å². The number of fused-ring (bicyclic) bond motifs is 3. The van der Waals surface area contributed by atoms with Crippen molar-refractivity contribution in [1.82, 2.24) is 9.80 Å². The summed E-state index contributed by atoms with van der Waals surface area (Å²) in [7, 11) is 6.42. The molecule has 300 valence electrons. The van der Waals surface area contributed by atoms with Crippen LogP contribution in [0.1, 0.15) is 59.0 Å². The van der Waals surface area contributed by atoms with Crippen LogP contribution in [0.3, 0.4) is 0 Å². The smallest absolute Gasteiger partial charge is 0.413 e. The van der Waals surface area contributed by atoms with Crippen LogP contribution in [0.15, 0.2) is 53.0 Å². The number of aryl methyl sites for hydroxylation is 1. The number of primary amides is 1. The van der Waals surface area contributed by atoms with E-state index in [9.17, 15) is 49.2 Å². The van der Waals surface area contributed by atoms with Gasteiger partial charge in [-0.3, -0.25) is 29.0 Å². The number of benzene rings is 2. The number of aromatic hydroxyl groups is 1. The highest BCUT2D eigenvalue weighted by molar-refractivity contribution is 6.25. The van der Waals surface area contributed by atoms with Crippen LogP contribution in [0.2, 0.25) is 0 Å². The molecule has 56 heavy (non-hydrogen) atoms. The number of hydrogen-bond acceptors (Lipinski definition) is 14. The Balaban J connectivity index is 1.44. The van der Waals surface area contributed by atoms with E-state index in [-0.39, 0.29) is 35.2 Å². The summed E-state index contributed by atoms with van der Waals surface area (Å²) in [6.07, 6.45) is -1.05. The van der Waals surface area contributed by atoms with Crippen molar-refractivity contribution < 1.29 is 58.7 Å². The average Bonchev–Trinajstić information content (AvgIpc) is 3.09. The van der Waals surface area contributed by atoms with Gasteiger partial charge in [0.2, 0.25) is 18.5 Å². The van der Waals surface area contributed by atoms with Crippen LogP contribution in [0.25, 0.3) is 0 Å². The normalized spacial score (nSPS) is 21.9. The summed E-state index contributed by atoms with van der Waals surface area (Å²) in [4.78, 5) is 83.5. The first-order chi connectivity index (χ1) is 26.0. The maximum Gasteiger partial charge on any atom is 0.413 e. The Bertz CT molecular complexity index is 2080. The number of aliphatic hydroxyl groups is 3. The lowest BCUT2D eigenvalue weighted by Crippen LogP contribution is -2.63. The summed E-state index contributed by atoms with van der Waals surface area (Å²) < 4.78 is 10.2. The fourth-order valence-corrected chi connectivity index (χ4v) is 7.69. The second kappa shape index (κ2) is 15.0. The lowest BCUT2D eigenvalue weighted by Gasteiger charge is -2.50. The molecule has 0 radical (unpaired) electrons. The summed E-state index contributed by atoms with van der Waals surface area (Å²) in [6.45, 7) is 5.44. The number of anilines is 2. The van der Waals surface area contributed by atoms with Gasteiger partial charge in [0.25, 0.3) is 5.91 Å². The number of phenolic OH excluding ortho intramolecular Hbond substituents is 1. The van der Waals surface area contributed by atoms with Crippen LogP contribution < -0.4 is 16.0 Å². The molecule has 0 fully saturated rings. The van der Waals surface area contributed by atoms with Crippen LogP contribution in [-0.2, 0) is 30.3 Å². The zero-order valence-corrected chi connectivity index (χ0v) is 32.4. The third-order valence-electron chi connectivity index (χ3n) is 10.4.